The predicted octanol–water partition coefficient (Wildman–Crippen LogP) is 4.67. The number of carbonyl (C=O) groups is 1. The van der Waals surface area contributed by atoms with E-state index in [2.05, 4.69) is 34.2 Å². The van der Waals surface area contributed by atoms with Gasteiger partial charge in [0.2, 0.25) is 5.91 Å². The van der Waals surface area contributed by atoms with Crippen molar-refractivity contribution in [3.05, 3.63) is 52.3 Å². The summed E-state index contributed by atoms with van der Waals surface area (Å²) in [6, 6.07) is 5.62. The maximum absolute atomic E-state index is 12.2. The molecule has 1 N–H and O–H groups in total. The van der Waals surface area contributed by atoms with Crippen LogP contribution in [0.5, 0.6) is 0 Å². The van der Waals surface area contributed by atoms with Crippen LogP contribution in [0.3, 0.4) is 0 Å². The number of carbonyl (C=O) groups excluding carboxylic acids is 1. The molecule has 140 valence electrons. The molecule has 8 heteroatoms. The smallest absolute Gasteiger partial charge is 0.250 e. The van der Waals surface area contributed by atoms with Crippen LogP contribution in [-0.2, 0) is 11.3 Å². The third-order valence-corrected chi connectivity index (χ3v) is 4.87. The molecule has 27 heavy (non-hydrogen) atoms. The molecular weight excluding hydrogens is 382 g/mol. The monoisotopic (exact) mass is 401 g/mol. The van der Waals surface area contributed by atoms with Crippen LogP contribution in [0, 0.1) is 12.8 Å². The van der Waals surface area contributed by atoms with Gasteiger partial charge in [-0.2, -0.15) is 5.10 Å². The van der Waals surface area contributed by atoms with Crippen LogP contribution < -0.4 is 5.32 Å². The normalized spacial score (nSPS) is 11.4. The van der Waals surface area contributed by atoms with Gasteiger partial charge in [-0.15, -0.1) is 11.3 Å². The molecule has 0 radical (unpaired) electrons. The van der Waals surface area contributed by atoms with E-state index < -0.39 is 0 Å². The van der Waals surface area contributed by atoms with Gasteiger partial charge < -0.3 is 0 Å². The number of nitrogens with one attached hydrogen (secondary N) is 1. The quantitative estimate of drug-likeness (QED) is 0.609. The molecule has 0 fully saturated rings. The van der Waals surface area contributed by atoms with E-state index >= 15 is 0 Å². The summed E-state index contributed by atoms with van der Waals surface area (Å²) in [4.78, 5) is 20.9. The number of pyridine rings is 1. The third-order valence-electron chi connectivity index (χ3n) is 3.71. The van der Waals surface area contributed by atoms with Crippen molar-refractivity contribution in [1.82, 2.24) is 19.7 Å². The lowest BCUT2D eigenvalue weighted by Crippen LogP contribution is -2.07. The molecule has 0 aliphatic rings. The fourth-order valence-electron chi connectivity index (χ4n) is 2.49. The highest BCUT2D eigenvalue weighted by Crippen LogP contribution is 2.24. The van der Waals surface area contributed by atoms with E-state index in [1.54, 1.807) is 17.0 Å². The zero-order valence-corrected chi connectivity index (χ0v) is 16.9. The van der Waals surface area contributed by atoms with Crippen LogP contribution >= 0.6 is 22.9 Å². The number of rotatable bonds is 6. The van der Waals surface area contributed by atoms with Crippen molar-refractivity contribution in [2.45, 2.75) is 27.3 Å². The van der Waals surface area contributed by atoms with Crippen LogP contribution in [-0.4, -0.2) is 25.7 Å². The Kier molecular flexibility index (Phi) is 6.03. The van der Waals surface area contributed by atoms with E-state index in [0.717, 1.165) is 29.2 Å². The average Bonchev–Trinajstić information content (AvgIpc) is 3.19. The lowest BCUT2D eigenvalue weighted by molar-refractivity contribution is -0.111. The van der Waals surface area contributed by atoms with Crippen molar-refractivity contribution in [2.24, 2.45) is 5.92 Å². The summed E-state index contributed by atoms with van der Waals surface area (Å²) in [6.07, 6.45) is 4.84. The zero-order chi connectivity index (χ0) is 19.4. The van der Waals surface area contributed by atoms with Gasteiger partial charge in [-0.05, 0) is 31.1 Å². The molecule has 0 atom stereocenters. The number of amides is 1. The van der Waals surface area contributed by atoms with Crippen LogP contribution in [0.4, 0.5) is 5.13 Å². The number of thiazole rings is 1. The molecule has 3 heterocycles. The fourth-order valence-corrected chi connectivity index (χ4v) is 3.51. The molecular formula is C19H20ClN5OS. The minimum absolute atomic E-state index is 0.274. The molecule has 0 aromatic carbocycles. The van der Waals surface area contributed by atoms with Gasteiger partial charge in [-0.1, -0.05) is 31.5 Å². The van der Waals surface area contributed by atoms with E-state index in [-0.39, 0.29) is 5.91 Å². The molecule has 0 spiro atoms. The van der Waals surface area contributed by atoms with Crippen LogP contribution in [0.15, 0.2) is 35.9 Å². The lowest BCUT2D eigenvalue weighted by Gasteiger charge is -2.05. The summed E-state index contributed by atoms with van der Waals surface area (Å²) in [5.41, 5.74) is 3.04. The second kappa shape index (κ2) is 8.45. The minimum atomic E-state index is -0.274. The van der Waals surface area contributed by atoms with Crippen molar-refractivity contribution >= 4 is 40.1 Å². The molecule has 0 aliphatic carbocycles. The molecule has 0 saturated heterocycles. The van der Waals surface area contributed by atoms with Gasteiger partial charge in [0.1, 0.15) is 10.8 Å². The van der Waals surface area contributed by atoms with Crippen LogP contribution in [0.1, 0.15) is 25.1 Å². The molecule has 0 unspecified atom stereocenters. The second-order valence-electron chi connectivity index (χ2n) is 6.44. The molecule has 3 rings (SSSR count). The van der Waals surface area contributed by atoms with Gasteiger partial charge >= 0.3 is 0 Å². The molecule has 0 aliphatic heterocycles. The number of hydrogen-bond donors (Lipinski definition) is 1. The van der Waals surface area contributed by atoms with E-state index in [0.29, 0.717) is 16.2 Å². The maximum atomic E-state index is 12.2. The van der Waals surface area contributed by atoms with E-state index in [1.165, 1.54) is 17.4 Å². The minimum Gasteiger partial charge on any atom is -0.298 e. The predicted molar refractivity (Wildman–Crippen MR) is 110 cm³/mol. The molecule has 3 aromatic heterocycles. The molecule has 0 saturated carbocycles. The van der Waals surface area contributed by atoms with Gasteiger partial charge in [0.25, 0.3) is 0 Å². The first-order chi connectivity index (χ1) is 12.9. The molecule has 1 amide bonds. The summed E-state index contributed by atoms with van der Waals surface area (Å²) in [5, 5.41) is 10.1. The lowest BCUT2D eigenvalue weighted by atomic mass is 10.2. The Morgan fingerprint density at radius 1 is 1.37 bits per heavy atom. The topological polar surface area (TPSA) is 72.7 Å². The average molecular weight is 402 g/mol. The highest BCUT2D eigenvalue weighted by molar-refractivity contribution is 7.14. The van der Waals surface area contributed by atoms with E-state index in [1.807, 2.05) is 30.5 Å². The Bertz CT molecular complexity index is 962. The summed E-state index contributed by atoms with van der Waals surface area (Å²) < 4.78 is 1.76. The number of hydrogen-bond acceptors (Lipinski definition) is 5. The first-order valence-corrected chi connectivity index (χ1v) is 9.78. The fraction of sp³-hybridized carbons (Fsp3) is 0.263. The van der Waals surface area contributed by atoms with Crippen molar-refractivity contribution in [2.75, 3.05) is 5.32 Å². The number of anilines is 1. The summed E-state index contributed by atoms with van der Waals surface area (Å²) in [7, 11) is 0. The maximum Gasteiger partial charge on any atom is 0.250 e. The first kappa shape index (κ1) is 19.3. The standard InChI is InChI=1S/C19H20ClN5OS/c1-12(2)10-25-18(20)14(13(3)24-25)7-8-17(26)23-19-22-16(11-27-19)15-6-4-5-9-21-15/h4-9,11-12H,10H2,1-3H3,(H,22,23,26)/b8-7+. The van der Waals surface area contributed by atoms with Crippen molar-refractivity contribution < 1.29 is 4.79 Å². The highest BCUT2D eigenvalue weighted by Gasteiger charge is 2.13. The van der Waals surface area contributed by atoms with Gasteiger partial charge in [0.15, 0.2) is 5.13 Å². The Morgan fingerprint density at radius 2 is 2.19 bits per heavy atom. The summed E-state index contributed by atoms with van der Waals surface area (Å²) in [5.74, 6) is 0.157. The Labute approximate surface area is 166 Å². The highest BCUT2D eigenvalue weighted by atomic mass is 35.5. The molecule has 3 aromatic rings. The summed E-state index contributed by atoms with van der Waals surface area (Å²) >= 11 is 7.74. The number of nitrogens with zero attached hydrogens (tertiary/aromatic N) is 4. The van der Waals surface area contributed by atoms with Crippen LogP contribution in [0.25, 0.3) is 17.5 Å². The SMILES string of the molecule is Cc1nn(CC(C)C)c(Cl)c1/C=C/C(=O)Nc1nc(-c2ccccn2)cs1. The van der Waals surface area contributed by atoms with E-state index in [4.69, 9.17) is 11.6 Å². The number of halogens is 1. The van der Waals surface area contributed by atoms with Gasteiger partial charge in [0, 0.05) is 29.8 Å². The summed E-state index contributed by atoms with van der Waals surface area (Å²) in [6.45, 7) is 6.81. The number of aromatic nitrogens is 4. The van der Waals surface area contributed by atoms with Crippen LogP contribution in [0.2, 0.25) is 5.15 Å². The number of aryl methyl sites for hydroxylation is 1. The van der Waals surface area contributed by atoms with E-state index in [9.17, 15) is 4.79 Å². The van der Waals surface area contributed by atoms with Crippen molar-refractivity contribution in [3.8, 4) is 11.4 Å². The third kappa shape index (κ3) is 4.81. The molecule has 6 nitrogen and oxygen atoms in total. The van der Waals surface area contributed by atoms with Gasteiger partial charge in [0.05, 0.1) is 11.4 Å². The Balaban J connectivity index is 1.68. The zero-order valence-electron chi connectivity index (χ0n) is 15.3. The van der Waals surface area contributed by atoms with Crippen molar-refractivity contribution in [3.63, 3.8) is 0 Å². The first-order valence-electron chi connectivity index (χ1n) is 8.53. The largest absolute Gasteiger partial charge is 0.298 e. The van der Waals surface area contributed by atoms with Gasteiger partial charge in [-0.25, -0.2) is 4.98 Å². The second-order valence-corrected chi connectivity index (χ2v) is 7.66. The Hall–Kier alpha value is -2.51. The van der Waals surface area contributed by atoms with Gasteiger partial charge in [-0.3, -0.25) is 19.8 Å². The van der Waals surface area contributed by atoms with Crippen molar-refractivity contribution in [1.29, 1.82) is 0 Å². The molecule has 0 bridgehead atoms. The Morgan fingerprint density at radius 3 is 2.89 bits per heavy atom.